The molecule has 3 nitrogen and oxygen atoms in total. The van der Waals surface area contributed by atoms with Crippen LogP contribution < -0.4 is 10.1 Å². The molecule has 2 rings (SSSR count). The lowest BCUT2D eigenvalue weighted by Gasteiger charge is -2.19. The molecule has 1 amide bonds. The van der Waals surface area contributed by atoms with Crippen molar-refractivity contribution in [2.24, 2.45) is 0 Å². The van der Waals surface area contributed by atoms with Gasteiger partial charge in [0.1, 0.15) is 5.75 Å². The molecule has 0 aromatic heterocycles. The van der Waals surface area contributed by atoms with Crippen molar-refractivity contribution in [3.63, 3.8) is 0 Å². The Labute approximate surface area is 155 Å². The molecule has 0 aliphatic heterocycles. The molecule has 0 aliphatic carbocycles. The molecule has 0 aliphatic rings. The second-order valence-electron chi connectivity index (χ2n) is 6.27. The largest absolute Gasteiger partial charge is 0.480 e. The van der Waals surface area contributed by atoms with Gasteiger partial charge in [0.2, 0.25) is 0 Å². The molecule has 0 unspecified atom stereocenters. The summed E-state index contributed by atoms with van der Waals surface area (Å²) in [5.74, 6) is 0.709. The fraction of sp³-hybridized carbons (Fsp3) is 0.381. The van der Waals surface area contributed by atoms with Gasteiger partial charge in [0.15, 0.2) is 6.10 Å². The first kappa shape index (κ1) is 19.3. The molecule has 4 heteroatoms. The van der Waals surface area contributed by atoms with Gasteiger partial charge in [-0.2, -0.15) is 0 Å². The van der Waals surface area contributed by atoms with Gasteiger partial charge in [-0.1, -0.05) is 48.9 Å². The van der Waals surface area contributed by atoms with Crippen LogP contribution in [0.3, 0.4) is 0 Å². The van der Waals surface area contributed by atoms with Gasteiger partial charge in [-0.3, -0.25) is 4.79 Å². The summed E-state index contributed by atoms with van der Waals surface area (Å²) < 4.78 is 5.94. The number of carbonyl (C=O) groups excluding carboxylic acids is 1. The minimum Gasteiger partial charge on any atom is -0.480 e. The Bertz CT molecular complexity index is 715. The number of rotatable bonds is 8. The smallest absolute Gasteiger partial charge is 0.261 e. The minimum absolute atomic E-state index is 0.0671. The van der Waals surface area contributed by atoms with E-state index in [0.29, 0.717) is 13.0 Å². The number of amides is 1. The summed E-state index contributed by atoms with van der Waals surface area (Å²) in [6.45, 7) is 6.57. The molecule has 1 N–H and O–H groups in total. The second-order valence-corrected chi connectivity index (χ2v) is 6.68. The number of hydrogen-bond acceptors (Lipinski definition) is 2. The fourth-order valence-electron chi connectivity index (χ4n) is 2.62. The monoisotopic (exact) mass is 359 g/mol. The van der Waals surface area contributed by atoms with E-state index in [-0.39, 0.29) is 5.91 Å². The van der Waals surface area contributed by atoms with Gasteiger partial charge in [0, 0.05) is 11.6 Å². The van der Waals surface area contributed by atoms with E-state index in [1.54, 1.807) is 0 Å². The molecule has 134 valence electrons. The van der Waals surface area contributed by atoms with E-state index in [0.717, 1.165) is 40.3 Å². The summed E-state index contributed by atoms with van der Waals surface area (Å²) in [4.78, 5) is 12.4. The lowest BCUT2D eigenvalue weighted by atomic mass is 10.1. The Morgan fingerprint density at radius 3 is 2.68 bits per heavy atom. The zero-order valence-corrected chi connectivity index (χ0v) is 15.9. The molecule has 0 saturated heterocycles. The van der Waals surface area contributed by atoms with E-state index in [1.807, 2.05) is 63.2 Å². The summed E-state index contributed by atoms with van der Waals surface area (Å²) >= 11 is 6.15. The van der Waals surface area contributed by atoms with Crippen molar-refractivity contribution in [3.8, 4) is 5.75 Å². The van der Waals surface area contributed by atoms with Crippen LogP contribution in [0, 0.1) is 13.8 Å². The van der Waals surface area contributed by atoms with Crippen LogP contribution in [0.5, 0.6) is 5.75 Å². The average molecular weight is 360 g/mol. The number of aryl methyl sites for hydroxylation is 3. The molecule has 2 aromatic carbocycles. The van der Waals surface area contributed by atoms with Crippen LogP contribution in [0.1, 0.15) is 36.5 Å². The number of ether oxygens (including phenoxy) is 1. The van der Waals surface area contributed by atoms with Crippen molar-refractivity contribution in [1.82, 2.24) is 5.32 Å². The maximum atomic E-state index is 12.4. The Kier molecular flexibility index (Phi) is 7.32. The van der Waals surface area contributed by atoms with Crippen molar-refractivity contribution >= 4 is 17.5 Å². The summed E-state index contributed by atoms with van der Waals surface area (Å²) in [6.07, 6.45) is 1.84. The molecule has 2 aromatic rings. The predicted molar refractivity (Wildman–Crippen MR) is 103 cm³/mol. The molecule has 0 saturated carbocycles. The summed E-state index contributed by atoms with van der Waals surface area (Å²) in [6, 6.07) is 13.8. The minimum atomic E-state index is -0.471. The lowest BCUT2D eigenvalue weighted by Crippen LogP contribution is -2.38. The van der Waals surface area contributed by atoms with Crippen molar-refractivity contribution in [2.45, 2.75) is 46.1 Å². The maximum absolute atomic E-state index is 12.4. The van der Waals surface area contributed by atoms with Crippen LogP contribution >= 0.6 is 11.6 Å². The quantitative estimate of drug-likeness (QED) is 0.683. The number of hydrogen-bond donors (Lipinski definition) is 1. The second kappa shape index (κ2) is 9.47. The summed E-state index contributed by atoms with van der Waals surface area (Å²) in [5.41, 5.74) is 3.27. The van der Waals surface area contributed by atoms with Gasteiger partial charge < -0.3 is 10.1 Å². The third-order valence-corrected chi connectivity index (χ3v) is 4.52. The number of halogens is 1. The Hall–Kier alpha value is -2.00. The molecular formula is C21H26ClNO2. The first-order valence-corrected chi connectivity index (χ1v) is 9.14. The molecule has 0 bridgehead atoms. The highest BCUT2D eigenvalue weighted by Gasteiger charge is 2.18. The van der Waals surface area contributed by atoms with Gasteiger partial charge in [-0.05, 0) is 61.9 Å². The van der Waals surface area contributed by atoms with E-state index in [4.69, 9.17) is 16.3 Å². The zero-order chi connectivity index (χ0) is 18.2. The maximum Gasteiger partial charge on any atom is 0.261 e. The summed E-state index contributed by atoms with van der Waals surface area (Å²) in [5, 5.41) is 3.75. The van der Waals surface area contributed by atoms with E-state index in [2.05, 4.69) is 5.32 Å². The highest BCUT2D eigenvalue weighted by atomic mass is 35.5. The van der Waals surface area contributed by atoms with Gasteiger partial charge in [-0.15, -0.1) is 0 Å². The molecule has 0 spiro atoms. The van der Waals surface area contributed by atoms with Crippen molar-refractivity contribution < 1.29 is 9.53 Å². The van der Waals surface area contributed by atoms with E-state index in [1.165, 1.54) is 0 Å². The Morgan fingerprint density at radius 1 is 1.20 bits per heavy atom. The molecule has 1 atom stereocenters. The topological polar surface area (TPSA) is 38.3 Å². The van der Waals surface area contributed by atoms with Crippen molar-refractivity contribution in [3.05, 3.63) is 64.2 Å². The molecule has 0 fully saturated rings. The van der Waals surface area contributed by atoms with Gasteiger partial charge in [-0.25, -0.2) is 0 Å². The average Bonchev–Trinajstić information content (AvgIpc) is 2.60. The third kappa shape index (κ3) is 5.79. The first-order chi connectivity index (χ1) is 12.0. The SMILES string of the molecule is CC[C@@H](Oc1cc(C)ccc1C)C(=O)NCCCc1ccccc1Cl. The lowest BCUT2D eigenvalue weighted by molar-refractivity contribution is -0.128. The Balaban J connectivity index is 1.83. The number of nitrogens with one attached hydrogen (secondary N) is 1. The third-order valence-electron chi connectivity index (χ3n) is 4.16. The zero-order valence-electron chi connectivity index (χ0n) is 15.1. The van der Waals surface area contributed by atoms with Gasteiger partial charge >= 0.3 is 0 Å². The van der Waals surface area contributed by atoms with Crippen molar-refractivity contribution in [1.29, 1.82) is 0 Å². The van der Waals surface area contributed by atoms with E-state index >= 15 is 0 Å². The highest BCUT2D eigenvalue weighted by molar-refractivity contribution is 6.31. The van der Waals surface area contributed by atoms with Crippen molar-refractivity contribution in [2.75, 3.05) is 6.54 Å². The molecular weight excluding hydrogens is 334 g/mol. The van der Waals surface area contributed by atoms with Crippen LogP contribution in [0.15, 0.2) is 42.5 Å². The van der Waals surface area contributed by atoms with Gasteiger partial charge in [0.05, 0.1) is 0 Å². The van der Waals surface area contributed by atoms with Crippen LogP contribution in [0.25, 0.3) is 0 Å². The first-order valence-electron chi connectivity index (χ1n) is 8.76. The van der Waals surface area contributed by atoms with E-state index < -0.39 is 6.10 Å². The van der Waals surface area contributed by atoms with Crippen LogP contribution in [0.2, 0.25) is 5.02 Å². The highest BCUT2D eigenvalue weighted by Crippen LogP contribution is 2.21. The van der Waals surface area contributed by atoms with Crippen LogP contribution in [0.4, 0.5) is 0 Å². The molecule has 25 heavy (non-hydrogen) atoms. The number of benzene rings is 2. The van der Waals surface area contributed by atoms with Gasteiger partial charge in [0.25, 0.3) is 5.91 Å². The number of carbonyl (C=O) groups is 1. The normalized spacial score (nSPS) is 11.8. The molecule has 0 radical (unpaired) electrons. The standard InChI is InChI=1S/C21H26ClNO2/c1-4-19(25-20-14-15(2)11-12-16(20)3)21(24)23-13-7-9-17-8-5-6-10-18(17)22/h5-6,8,10-12,14,19H,4,7,9,13H2,1-3H3,(H,23,24)/t19-/m1/s1. The Morgan fingerprint density at radius 2 is 1.96 bits per heavy atom. The van der Waals surface area contributed by atoms with Crippen LogP contribution in [-0.4, -0.2) is 18.6 Å². The van der Waals surface area contributed by atoms with E-state index in [9.17, 15) is 4.79 Å². The summed E-state index contributed by atoms with van der Waals surface area (Å²) in [7, 11) is 0. The van der Waals surface area contributed by atoms with Crippen LogP contribution in [-0.2, 0) is 11.2 Å². The fourth-order valence-corrected chi connectivity index (χ4v) is 2.85. The molecule has 0 heterocycles. The predicted octanol–water partition coefficient (Wildman–Crippen LogP) is 4.86.